The lowest BCUT2D eigenvalue weighted by molar-refractivity contribution is -0.384. The van der Waals surface area contributed by atoms with Crippen molar-refractivity contribution in [3.63, 3.8) is 0 Å². The van der Waals surface area contributed by atoms with Crippen LogP contribution in [0.1, 0.15) is 0 Å². The van der Waals surface area contributed by atoms with Gasteiger partial charge in [0, 0.05) is 5.02 Å². The number of hydrogen-bond donors (Lipinski definition) is 1. The average Bonchev–Trinajstić information content (AvgIpc) is 2.64. The molecule has 1 N–H and O–H groups in total. The quantitative estimate of drug-likeness (QED) is 0.530. The van der Waals surface area contributed by atoms with Crippen LogP contribution in [0.2, 0.25) is 5.02 Å². The zero-order valence-electron chi connectivity index (χ0n) is 14.0. The Morgan fingerprint density at radius 1 is 1.33 bits per heavy atom. The van der Waals surface area contributed by atoms with Crippen molar-refractivity contribution in [1.82, 2.24) is 9.55 Å². The summed E-state index contributed by atoms with van der Waals surface area (Å²) in [6.07, 6.45) is 1.24. The minimum absolute atomic E-state index is 0.00404. The molecule has 2 aromatic carbocycles. The van der Waals surface area contributed by atoms with E-state index in [4.69, 9.17) is 16.3 Å². The second-order valence-corrected chi connectivity index (χ2v) is 5.96. The van der Waals surface area contributed by atoms with E-state index >= 15 is 0 Å². The van der Waals surface area contributed by atoms with Gasteiger partial charge in [-0.1, -0.05) is 11.6 Å². The summed E-state index contributed by atoms with van der Waals surface area (Å²) in [5, 5.41) is 14.3. The number of carbonyl (C=O) groups is 1. The zero-order chi connectivity index (χ0) is 19.6. The molecule has 0 unspecified atom stereocenters. The molecule has 0 aliphatic rings. The van der Waals surface area contributed by atoms with Crippen LogP contribution in [0.25, 0.3) is 10.9 Å². The Balaban J connectivity index is 1.87. The van der Waals surface area contributed by atoms with Crippen molar-refractivity contribution in [3.05, 3.63) is 68.2 Å². The van der Waals surface area contributed by atoms with E-state index in [1.165, 1.54) is 37.7 Å². The lowest BCUT2D eigenvalue weighted by Crippen LogP contribution is -2.28. The monoisotopic (exact) mass is 388 g/mol. The Kier molecular flexibility index (Phi) is 5.04. The largest absolute Gasteiger partial charge is 0.496 e. The fraction of sp³-hybridized carbons (Fsp3) is 0.118. The van der Waals surface area contributed by atoms with Gasteiger partial charge in [-0.05, 0) is 30.3 Å². The van der Waals surface area contributed by atoms with Crippen LogP contribution in [-0.4, -0.2) is 27.5 Å². The van der Waals surface area contributed by atoms with Crippen molar-refractivity contribution in [2.75, 3.05) is 12.4 Å². The number of anilines is 1. The first-order valence-electron chi connectivity index (χ1n) is 7.66. The van der Waals surface area contributed by atoms with E-state index in [1.807, 2.05) is 0 Å². The molecule has 0 aliphatic heterocycles. The number of halogens is 1. The third-order valence-electron chi connectivity index (χ3n) is 3.78. The molecule has 10 heteroatoms. The Morgan fingerprint density at radius 3 is 2.81 bits per heavy atom. The molecule has 0 bridgehead atoms. The van der Waals surface area contributed by atoms with Gasteiger partial charge in [-0.15, -0.1) is 0 Å². The van der Waals surface area contributed by atoms with E-state index in [2.05, 4.69) is 10.3 Å². The molecule has 0 spiro atoms. The number of rotatable bonds is 5. The lowest BCUT2D eigenvalue weighted by atomic mass is 10.2. The maximum absolute atomic E-state index is 12.5. The number of carbonyl (C=O) groups excluding carboxylic acids is 1. The first-order valence-corrected chi connectivity index (χ1v) is 8.04. The first kappa shape index (κ1) is 18.3. The zero-order valence-corrected chi connectivity index (χ0v) is 14.8. The van der Waals surface area contributed by atoms with Crippen molar-refractivity contribution in [3.8, 4) is 5.75 Å². The van der Waals surface area contributed by atoms with E-state index in [9.17, 15) is 19.7 Å². The number of aromatic nitrogens is 2. The van der Waals surface area contributed by atoms with Gasteiger partial charge in [-0.25, -0.2) is 4.98 Å². The summed E-state index contributed by atoms with van der Waals surface area (Å²) in [5.41, 5.74) is -0.317. The first-order chi connectivity index (χ1) is 12.9. The number of nitro benzene ring substituents is 1. The molecule has 1 amide bonds. The minimum Gasteiger partial charge on any atom is -0.496 e. The number of methoxy groups -OCH3 is 1. The Bertz CT molecular complexity index is 1110. The number of fused-ring (bicyclic) bond motifs is 1. The highest BCUT2D eigenvalue weighted by atomic mass is 35.5. The van der Waals surface area contributed by atoms with E-state index in [0.29, 0.717) is 10.5 Å². The van der Waals surface area contributed by atoms with Crippen LogP contribution in [0.3, 0.4) is 0 Å². The Morgan fingerprint density at radius 2 is 2.11 bits per heavy atom. The Hall–Kier alpha value is -3.46. The van der Waals surface area contributed by atoms with E-state index in [0.717, 1.165) is 4.57 Å². The maximum Gasteiger partial charge on any atom is 0.296 e. The number of ether oxygens (including phenoxy) is 1. The molecular weight excluding hydrogens is 376 g/mol. The smallest absolute Gasteiger partial charge is 0.296 e. The summed E-state index contributed by atoms with van der Waals surface area (Å²) in [4.78, 5) is 39.4. The van der Waals surface area contributed by atoms with Gasteiger partial charge in [0.25, 0.3) is 11.2 Å². The number of nitrogens with one attached hydrogen (secondary N) is 1. The van der Waals surface area contributed by atoms with E-state index in [1.54, 1.807) is 12.1 Å². The van der Waals surface area contributed by atoms with Crippen LogP contribution >= 0.6 is 11.6 Å². The van der Waals surface area contributed by atoms with Gasteiger partial charge in [0.1, 0.15) is 18.0 Å². The molecule has 3 rings (SSSR count). The molecule has 0 saturated carbocycles. The standard InChI is InChI=1S/C17H13ClN4O5/c1-27-11-3-5-14(15(7-11)22(25)26)20-16(23)8-21-9-19-13-4-2-10(18)6-12(13)17(21)24/h2-7,9H,8H2,1H3,(H,20,23). The number of nitro groups is 1. The second kappa shape index (κ2) is 7.42. The summed E-state index contributed by atoms with van der Waals surface area (Å²) in [7, 11) is 1.38. The van der Waals surface area contributed by atoms with Crippen molar-refractivity contribution in [2.45, 2.75) is 6.54 Å². The van der Waals surface area contributed by atoms with Gasteiger partial charge >= 0.3 is 0 Å². The number of benzene rings is 2. The third kappa shape index (κ3) is 3.87. The van der Waals surface area contributed by atoms with Crippen LogP contribution in [0.15, 0.2) is 47.5 Å². The van der Waals surface area contributed by atoms with Crippen LogP contribution in [0, 0.1) is 10.1 Å². The summed E-state index contributed by atoms with van der Waals surface area (Å²) in [6.45, 7) is -0.364. The van der Waals surface area contributed by atoms with Gasteiger partial charge in [-0.3, -0.25) is 24.3 Å². The third-order valence-corrected chi connectivity index (χ3v) is 4.01. The van der Waals surface area contributed by atoms with Gasteiger partial charge in [0.15, 0.2) is 0 Å². The fourth-order valence-electron chi connectivity index (χ4n) is 2.48. The topological polar surface area (TPSA) is 116 Å². The molecule has 1 aromatic heterocycles. The number of hydrogen-bond acceptors (Lipinski definition) is 6. The molecule has 0 radical (unpaired) electrons. The molecular formula is C17H13ClN4O5. The van der Waals surface area contributed by atoms with Gasteiger partial charge in [0.05, 0.1) is 35.3 Å². The summed E-state index contributed by atoms with van der Waals surface area (Å²) in [5.74, 6) is -0.333. The SMILES string of the molecule is COc1ccc(NC(=O)Cn2cnc3ccc(Cl)cc3c2=O)c([N+](=O)[O-])c1. The van der Waals surface area contributed by atoms with Crippen LogP contribution in [0.5, 0.6) is 5.75 Å². The van der Waals surface area contributed by atoms with Crippen LogP contribution in [-0.2, 0) is 11.3 Å². The second-order valence-electron chi connectivity index (χ2n) is 5.53. The number of amides is 1. The molecule has 0 fully saturated rings. The molecule has 1 heterocycles. The highest BCUT2D eigenvalue weighted by Crippen LogP contribution is 2.28. The summed E-state index contributed by atoms with van der Waals surface area (Å²) in [6, 6.07) is 8.71. The fourth-order valence-corrected chi connectivity index (χ4v) is 2.66. The van der Waals surface area contributed by atoms with E-state index < -0.39 is 16.4 Å². The Labute approximate surface area is 157 Å². The van der Waals surface area contributed by atoms with Crippen LogP contribution < -0.4 is 15.6 Å². The summed E-state index contributed by atoms with van der Waals surface area (Å²) >= 11 is 5.90. The molecule has 9 nitrogen and oxygen atoms in total. The summed E-state index contributed by atoms with van der Waals surface area (Å²) < 4.78 is 6.05. The lowest BCUT2D eigenvalue weighted by Gasteiger charge is -2.09. The van der Waals surface area contributed by atoms with Crippen molar-refractivity contribution in [2.24, 2.45) is 0 Å². The molecule has 27 heavy (non-hydrogen) atoms. The molecule has 138 valence electrons. The van der Waals surface area contributed by atoms with E-state index in [-0.39, 0.29) is 29.1 Å². The highest BCUT2D eigenvalue weighted by Gasteiger charge is 2.18. The maximum atomic E-state index is 12.5. The molecule has 0 atom stereocenters. The average molecular weight is 389 g/mol. The van der Waals surface area contributed by atoms with Gasteiger partial charge in [0.2, 0.25) is 5.91 Å². The van der Waals surface area contributed by atoms with Gasteiger partial charge < -0.3 is 10.1 Å². The van der Waals surface area contributed by atoms with Crippen molar-refractivity contribution in [1.29, 1.82) is 0 Å². The van der Waals surface area contributed by atoms with Crippen molar-refractivity contribution < 1.29 is 14.5 Å². The number of nitrogens with zero attached hydrogens (tertiary/aromatic N) is 3. The minimum atomic E-state index is -0.635. The normalized spacial score (nSPS) is 10.6. The molecule has 0 aliphatic carbocycles. The van der Waals surface area contributed by atoms with Gasteiger partial charge in [-0.2, -0.15) is 0 Å². The predicted octanol–water partition coefficient (Wildman–Crippen LogP) is 2.61. The van der Waals surface area contributed by atoms with Crippen LogP contribution in [0.4, 0.5) is 11.4 Å². The molecule has 0 saturated heterocycles. The highest BCUT2D eigenvalue weighted by molar-refractivity contribution is 6.31. The predicted molar refractivity (Wildman–Crippen MR) is 99.3 cm³/mol. The molecule has 3 aromatic rings. The van der Waals surface area contributed by atoms with Crippen molar-refractivity contribution >= 4 is 39.8 Å².